The van der Waals surface area contributed by atoms with Crippen LogP contribution < -0.4 is 15.5 Å². The maximum atomic E-state index is 13.0. The second-order valence-electron chi connectivity index (χ2n) is 6.78. The van der Waals surface area contributed by atoms with Gasteiger partial charge < -0.3 is 20.4 Å². The van der Waals surface area contributed by atoms with Crippen molar-refractivity contribution in [3.05, 3.63) is 54.4 Å². The van der Waals surface area contributed by atoms with Crippen LogP contribution in [0.1, 0.15) is 24.2 Å². The van der Waals surface area contributed by atoms with Crippen molar-refractivity contribution < 1.29 is 9.59 Å². The third kappa shape index (κ3) is 4.75. The van der Waals surface area contributed by atoms with Gasteiger partial charge in [-0.05, 0) is 38.1 Å². The van der Waals surface area contributed by atoms with Crippen molar-refractivity contribution in [3.63, 3.8) is 0 Å². The smallest absolute Gasteiger partial charge is 0.319 e. The summed E-state index contributed by atoms with van der Waals surface area (Å²) >= 11 is 0. The number of carbonyl (C=O) groups excluding carboxylic acids is 2. The molecule has 0 aliphatic carbocycles. The molecule has 2 N–H and O–H groups in total. The molecule has 0 atom stereocenters. The molecule has 0 bridgehead atoms. The topological polar surface area (TPSA) is 77.6 Å². The summed E-state index contributed by atoms with van der Waals surface area (Å²) in [5.41, 5.74) is 2.15. The predicted octanol–water partition coefficient (Wildman–Crippen LogP) is 2.57. The van der Waals surface area contributed by atoms with Crippen LogP contribution in [0.2, 0.25) is 0 Å². The van der Waals surface area contributed by atoms with Crippen LogP contribution in [0.3, 0.4) is 0 Å². The standard InChI is InChI=1S/C20H25N5O2/c1-15(2)22-20(27)23-18-6-4-3-5-17(18)19(26)25-13-11-24(12-14-25)16-7-9-21-10-8-16/h3-10,15H,11-14H2,1-2H3,(H2,22,23,27). The second kappa shape index (κ2) is 8.53. The van der Waals surface area contributed by atoms with E-state index in [-0.39, 0.29) is 18.0 Å². The zero-order valence-corrected chi connectivity index (χ0v) is 15.7. The molecule has 0 saturated carbocycles. The molecule has 7 nitrogen and oxygen atoms in total. The summed E-state index contributed by atoms with van der Waals surface area (Å²) in [5, 5.41) is 5.56. The van der Waals surface area contributed by atoms with Crippen molar-refractivity contribution in [2.75, 3.05) is 36.4 Å². The molecule has 3 amide bonds. The SMILES string of the molecule is CC(C)NC(=O)Nc1ccccc1C(=O)N1CCN(c2ccncc2)CC1. The molecule has 1 aromatic heterocycles. The van der Waals surface area contributed by atoms with E-state index in [0.717, 1.165) is 18.8 Å². The number of hydrogen-bond acceptors (Lipinski definition) is 4. The van der Waals surface area contributed by atoms with E-state index in [2.05, 4.69) is 20.5 Å². The summed E-state index contributed by atoms with van der Waals surface area (Å²) in [6, 6.07) is 10.8. The van der Waals surface area contributed by atoms with Gasteiger partial charge in [-0.2, -0.15) is 0 Å². The Kier molecular flexibility index (Phi) is 5.90. The van der Waals surface area contributed by atoms with E-state index in [1.54, 1.807) is 24.5 Å². The van der Waals surface area contributed by atoms with Gasteiger partial charge in [0, 0.05) is 50.3 Å². The predicted molar refractivity (Wildman–Crippen MR) is 106 cm³/mol. The van der Waals surface area contributed by atoms with Crippen LogP contribution in [0.5, 0.6) is 0 Å². The third-order valence-corrected chi connectivity index (χ3v) is 4.42. The number of benzene rings is 1. The Morgan fingerprint density at radius 3 is 2.33 bits per heavy atom. The van der Waals surface area contributed by atoms with Crippen molar-refractivity contribution in [2.45, 2.75) is 19.9 Å². The fraction of sp³-hybridized carbons (Fsp3) is 0.350. The molecular formula is C20H25N5O2. The maximum absolute atomic E-state index is 13.0. The van der Waals surface area contributed by atoms with E-state index in [4.69, 9.17) is 0 Å². The molecule has 2 aromatic rings. The second-order valence-corrected chi connectivity index (χ2v) is 6.78. The summed E-state index contributed by atoms with van der Waals surface area (Å²) in [6.45, 7) is 6.57. The molecule has 27 heavy (non-hydrogen) atoms. The summed E-state index contributed by atoms with van der Waals surface area (Å²) in [5.74, 6) is -0.0650. The monoisotopic (exact) mass is 367 g/mol. The van der Waals surface area contributed by atoms with Gasteiger partial charge in [0.2, 0.25) is 0 Å². The van der Waals surface area contributed by atoms with E-state index < -0.39 is 0 Å². The first kappa shape index (κ1) is 18.7. The van der Waals surface area contributed by atoms with Gasteiger partial charge in [-0.25, -0.2) is 4.79 Å². The van der Waals surface area contributed by atoms with Gasteiger partial charge in [-0.15, -0.1) is 0 Å². The van der Waals surface area contributed by atoms with Crippen LogP contribution in [0.25, 0.3) is 0 Å². The Bertz CT molecular complexity index is 786. The quantitative estimate of drug-likeness (QED) is 0.871. The molecule has 1 fully saturated rings. The van der Waals surface area contributed by atoms with E-state index in [0.29, 0.717) is 24.3 Å². The van der Waals surface area contributed by atoms with Gasteiger partial charge >= 0.3 is 6.03 Å². The first-order valence-corrected chi connectivity index (χ1v) is 9.15. The van der Waals surface area contributed by atoms with Crippen molar-refractivity contribution >= 4 is 23.3 Å². The largest absolute Gasteiger partial charge is 0.368 e. The molecular weight excluding hydrogens is 342 g/mol. The number of amides is 3. The van der Waals surface area contributed by atoms with E-state index in [1.165, 1.54) is 0 Å². The van der Waals surface area contributed by atoms with Crippen molar-refractivity contribution in [2.24, 2.45) is 0 Å². The Morgan fingerprint density at radius 2 is 1.67 bits per heavy atom. The molecule has 2 heterocycles. The van der Waals surface area contributed by atoms with Crippen LogP contribution in [0, 0.1) is 0 Å². The Hall–Kier alpha value is -3.09. The highest BCUT2D eigenvalue weighted by Crippen LogP contribution is 2.20. The van der Waals surface area contributed by atoms with Gasteiger partial charge in [0.15, 0.2) is 0 Å². The van der Waals surface area contributed by atoms with Crippen LogP contribution in [0.4, 0.5) is 16.2 Å². The number of para-hydroxylation sites is 1. The van der Waals surface area contributed by atoms with E-state index >= 15 is 0 Å². The average Bonchev–Trinajstić information content (AvgIpc) is 2.68. The number of carbonyl (C=O) groups is 2. The van der Waals surface area contributed by atoms with Crippen LogP contribution in [-0.4, -0.2) is 54.0 Å². The molecule has 1 aliphatic rings. The number of nitrogens with zero attached hydrogens (tertiary/aromatic N) is 3. The first-order valence-electron chi connectivity index (χ1n) is 9.15. The molecule has 1 saturated heterocycles. The van der Waals surface area contributed by atoms with Crippen LogP contribution in [0.15, 0.2) is 48.8 Å². The highest BCUT2D eigenvalue weighted by molar-refractivity contribution is 6.03. The summed E-state index contributed by atoms with van der Waals surface area (Å²) in [6.07, 6.45) is 3.55. The van der Waals surface area contributed by atoms with Crippen LogP contribution >= 0.6 is 0 Å². The van der Waals surface area contributed by atoms with Crippen molar-refractivity contribution in [3.8, 4) is 0 Å². The molecule has 0 spiro atoms. The van der Waals surface area contributed by atoms with Crippen molar-refractivity contribution in [1.29, 1.82) is 0 Å². The van der Waals surface area contributed by atoms with Gasteiger partial charge in [0.25, 0.3) is 5.91 Å². The summed E-state index contributed by atoms with van der Waals surface area (Å²) in [7, 11) is 0. The fourth-order valence-electron chi connectivity index (χ4n) is 3.09. The van der Waals surface area contributed by atoms with Crippen molar-refractivity contribution in [1.82, 2.24) is 15.2 Å². The number of rotatable bonds is 4. The minimum absolute atomic E-state index is 0.0223. The lowest BCUT2D eigenvalue weighted by Crippen LogP contribution is -2.49. The lowest BCUT2D eigenvalue weighted by atomic mass is 10.1. The molecule has 1 aliphatic heterocycles. The fourth-order valence-corrected chi connectivity index (χ4v) is 3.09. The van der Waals surface area contributed by atoms with Gasteiger partial charge in [-0.1, -0.05) is 12.1 Å². The van der Waals surface area contributed by atoms with Crippen LogP contribution in [-0.2, 0) is 0 Å². The minimum Gasteiger partial charge on any atom is -0.368 e. The highest BCUT2D eigenvalue weighted by Gasteiger charge is 2.24. The molecule has 3 rings (SSSR count). The van der Waals surface area contributed by atoms with E-state index in [1.807, 2.05) is 43.0 Å². The molecule has 0 unspecified atom stereocenters. The Balaban J connectivity index is 1.66. The van der Waals surface area contributed by atoms with Gasteiger partial charge in [0.1, 0.15) is 0 Å². The summed E-state index contributed by atoms with van der Waals surface area (Å²) < 4.78 is 0. The zero-order valence-electron chi connectivity index (χ0n) is 15.7. The molecule has 0 radical (unpaired) electrons. The van der Waals surface area contributed by atoms with E-state index in [9.17, 15) is 9.59 Å². The Labute approximate surface area is 159 Å². The number of urea groups is 1. The number of hydrogen-bond donors (Lipinski definition) is 2. The lowest BCUT2D eigenvalue weighted by molar-refractivity contribution is 0.0748. The number of aromatic nitrogens is 1. The average molecular weight is 367 g/mol. The lowest BCUT2D eigenvalue weighted by Gasteiger charge is -2.36. The molecule has 142 valence electrons. The number of nitrogens with one attached hydrogen (secondary N) is 2. The summed E-state index contributed by atoms with van der Waals surface area (Å²) in [4.78, 5) is 33.1. The van der Waals surface area contributed by atoms with Gasteiger partial charge in [-0.3, -0.25) is 9.78 Å². The number of piperazine rings is 1. The molecule has 7 heteroatoms. The first-order chi connectivity index (χ1) is 13.0. The minimum atomic E-state index is -0.312. The maximum Gasteiger partial charge on any atom is 0.319 e. The highest BCUT2D eigenvalue weighted by atomic mass is 16.2. The zero-order chi connectivity index (χ0) is 19.2. The Morgan fingerprint density at radius 1 is 1.00 bits per heavy atom. The van der Waals surface area contributed by atoms with Gasteiger partial charge in [0.05, 0.1) is 11.3 Å². The number of anilines is 2. The third-order valence-electron chi connectivity index (χ3n) is 4.42. The normalized spacial score (nSPS) is 14.2. The molecule has 1 aromatic carbocycles. The number of pyridine rings is 1.